The van der Waals surface area contributed by atoms with Gasteiger partial charge in [-0.15, -0.1) is 0 Å². The molecule has 4 aromatic rings. The SMILES string of the molecule is COc1ccc(CCNC(=O)Cn2cc(S(=O)(=O)c3ccccc3)c3ccccc32)cc1OC. The van der Waals surface area contributed by atoms with Crippen molar-refractivity contribution in [2.45, 2.75) is 22.8 Å². The molecule has 0 unspecified atom stereocenters. The normalized spacial score (nSPS) is 11.4. The second kappa shape index (κ2) is 10.0. The van der Waals surface area contributed by atoms with Crippen LogP contribution in [0.4, 0.5) is 0 Å². The van der Waals surface area contributed by atoms with Gasteiger partial charge in [0.2, 0.25) is 15.7 Å². The number of hydrogen-bond acceptors (Lipinski definition) is 5. The number of amides is 1. The fraction of sp³-hybridized carbons (Fsp3) is 0.192. The zero-order chi connectivity index (χ0) is 24.1. The fourth-order valence-corrected chi connectivity index (χ4v) is 5.38. The van der Waals surface area contributed by atoms with Crippen molar-refractivity contribution in [1.82, 2.24) is 9.88 Å². The summed E-state index contributed by atoms with van der Waals surface area (Å²) in [4.78, 5) is 13.1. The molecule has 0 radical (unpaired) electrons. The van der Waals surface area contributed by atoms with E-state index in [9.17, 15) is 13.2 Å². The molecule has 34 heavy (non-hydrogen) atoms. The molecule has 176 valence electrons. The van der Waals surface area contributed by atoms with E-state index >= 15 is 0 Å². The molecule has 1 aromatic heterocycles. The summed E-state index contributed by atoms with van der Waals surface area (Å²) in [5.74, 6) is 1.08. The van der Waals surface area contributed by atoms with Gasteiger partial charge in [-0.1, -0.05) is 42.5 Å². The van der Waals surface area contributed by atoms with Crippen LogP contribution in [-0.2, 0) is 27.6 Å². The van der Waals surface area contributed by atoms with Crippen molar-refractivity contribution in [1.29, 1.82) is 0 Å². The van der Waals surface area contributed by atoms with Crippen molar-refractivity contribution in [3.8, 4) is 11.5 Å². The maximum Gasteiger partial charge on any atom is 0.239 e. The van der Waals surface area contributed by atoms with Crippen LogP contribution in [0, 0.1) is 0 Å². The highest BCUT2D eigenvalue weighted by Crippen LogP contribution is 2.30. The number of ether oxygens (including phenoxy) is 2. The summed E-state index contributed by atoms with van der Waals surface area (Å²) in [5, 5.41) is 3.50. The van der Waals surface area contributed by atoms with Gasteiger partial charge >= 0.3 is 0 Å². The van der Waals surface area contributed by atoms with Crippen molar-refractivity contribution in [3.63, 3.8) is 0 Å². The van der Waals surface area contributed by atoms with E-state index in [-0.39, 0.29) is 22.2 Å². The first-order valence-electron chi connectivity index (χ1n) is 10.8. The number of aromatic nitrogens is 1. The minimum absolute atomic E-state index is 0.0107. The van der Waals surface area contributed by atoms with Crippen LogP contribution in [0.3, 0.4) is 0 Å². The molecule has 0 atom stereocenters. The predicted molar refractivity (Wildman–Crippen MR) is 130 cm³/mol. The summed E-state index contributed by atoms with van der Waals surface area (Å²) in [6.45, 7) is 0.444. The third-order valence-electron chi connectivity index (χ3n) is 5.59. The smallest absolute Gasteiger partial charge is 0.239 e. The Hall–Kier alpha value is -3.78. The molecule has 7 nitrogen and oxygen atoms in total. The van der Waals surface area contributed by atoms with Crippen molar-refractivity contribution in [2.24, 2.45) is 0 Å². The van der Waals surface area contributed by atoms with Gasteiger partial charge in [0.25, 0.3) is 0 Å². The van der Waals surface area contributed by atoms with E-state index in [4.69, 9.17) is 9.47 Å². The third kappa shape index (κ3) is 4.77. The molecule has 0 spiro atoms. The molecule has 1 N–H and O–H groups in total. The highest BCUT2D eigenvalue weighted by atomic mass is 32.2. The monoisotopic (exact) mass is 478 g/mol. The minimum Gasteiger partial charge on any atom is -0.493 e. The average Bonchev–Trinajstić information content (AvgIpc) is 3.23. The van der Waals surface area contributed by atoms with Crippen LogP contribution in [0.1, 0.15) is 5.56 Å². The van der Waals surface area contributed by atoms with Crippen molar-refractivity contribution in [2.75, 3.05) is 20.8 Å². The van der Waals surface area contributed by atoms with Gasteiger partial charge in [-0.3, -0.25) is 4.79 Å². The van der Waals surface area contributed by atoms with Crippen LogP contribution in [-0.4, -0.2) is 39.7 Å². The third-order valence-corrected chi connectivity index (χ3v) is 7.39. The van der Waals surface area contributed by atoms with E-state index in [1.165, 1.54) is 0 Å². The maximum absolute atomic E-state index is 13.2. The zero-order valence-corrected chi connectivity index (χ0v) is 19.8. The highest BCUT2D eigenvalue weighted by molar-refractivity contribution is 7.91. The molecule has 0 fully saturated rings. The predicted octanol–water partition coefficient (Wildman–Crippen LogP) is 3.85. The van der Waals surface area contributed by atoms with Gasteiger partial charge in [-0.25, -0.2) is 8.42 Å². The number of hydrogen-bond donors (Lipinski definition) is 1. The van der Waals surface area contributed by atoms with Gasteiger partial charge in [0.1, 0.15) is 6.54 Å². The lowest BCUT2D eigenvalue weighted by Crippen LogP contribution is -2.29. The van der Waals surface area contributed by atoms with Crippen LogP contribution < -0.4 is 14.8 Å². The number of sulfone groups is 1. The topological polar surface area (TPSA) is 86.6 Å². The van der Waals surface area contributed by atoms with Crippen LogP contribution in [0.25, 0.3) is 10.9 Å². The lowest BCUT2D eigenvalue weighted by atomic mass is 10.1. The Morgan fingerprint density at radius 1 is 0.912 bits per heavy atom. The number of methoxy groups -OCH3 is 2. The first kappa shape index (κ1) is 23.4. The standard InChI is InChI=1S/C26H26N2O5S/c1-32-23-13-12-19(16-24(23)33-2)14-15-27-26(29)18-28-17-25(21-10-6-7-11-22(21)28)34(30,31)20-8-4-3-5-9-20/h3-13,16-17H,14-15,18H2,1-2H3,(H,27,29). The molecule has 1 heterocycles. The lowest BCUT2D eigenvalue weighted by molar-refractivity contribution is -0.121. The Labute approximate surface area is 198 Å². The van der Waals surface area contributed by atoms with E-state index in [2.05, 4.69) is 5.32 Å². The first-order chi connectivity index (χ1) is 16.4. The van der Waals surface area contributed by atoms with Crippen LogP contribution in [0.15, 0.2) is 88.8 Å². The maximum atomic E-state index is 13.2. The summed E-state index contributed by atoms with van der Waals surface area (Å²) < 4.78 is 38.7. The van der Waals surface area contributed by atoms with Gasteiger partial charge < -0.3 is 19.4 Å². The van der Waals surface area contributed by atoms with E-state index in [1.54, 1.807) is 67.4 Å². The summed E-state index contributed by atoms with van der Waals surface area (Å²) in [7, 11) is -0.558. The number of nitrogens with zero attached hydrogens (tertiary/aromatic N) is 1. The summed E-state index contributed by atoms with van der Waals surface area (Å²) >= 11 is 0. The van der Waals surface area contributed by atoms with E-state index in [0.717, 1.165) is 5.56 Å². The van der Waals surface area contributed by atoms with E-state index in [0.29, 0.717) is 35.4 Å². The molecule has 1 amide bonds. The molecule has 0 saturated heterocycles. The Bertz CT molecular complexity index is 1410. The van der Waals surface area contributed by atoms with Gasteiger partial charge in [0, 0.05) is 23.6 Å². The van der Waals surface area contributed by atoms with Gasteiger partial charge in [-0.2, -0.15) is 0 Å². The molecule has 0 saturated carbocycles. The summed E-state index contributed by atoms with van der Waals surface area (Å²) in [6, 6.07) is 21.1. The van der Waals surface area contributed by atoms with E-state index in [1.807, 2.05) is 30.3 Å². The highest BCUT2D eigenvalue weighted by Gasteiger charge is 2.23. The molecule has 0 aliphatic rings. The number of carbonyl (C=O) groups excluding carboxylic acids is 1. The van der Waals surface area contributed by atoms with Gasteiger partial charge in [-0.05, 0) is 42.3 Å². The molecule has 3 aromatic carbocycles. The largest absolute Gasteiger partial charge is 0.493 e. The Balaban J connectivity index is 1.49. The van der Waals surface area contributed by atoms with Crippen LogP contribution >= 0.6 is 0 Å². The van der Waals surface area contributed by atoms with Crippen molar-refractivity contribution < 1.29 is 22.7 Å². The zero-order valence-electron chi connectivity index (χ0n) is 19.0. The number of rotatable bonds is 9. The fourth-order valence-electron chi connectivity index (χ4n) is 3.88. The molecule has 4 rings (SSSR count). The first-order valence-corrected chi connectivity index (χ1v) is 12.3. The van der Waals surface area contributed by atoms with Crippen LogP contribution in [0.5, 0.6) is 11.5 Å². The number of carbonyl (C=O) groups is 1. The molecular formula is C26H26N2O5S. The molecule has 0 aliphatic heterocycles. The van der Waals surface area contributed by atoms with E-state index < -0.39 is 9.84 Å². The van der Waals surface area contributed by atoms with Crippen molar-refractivity contribution in [3.05, 3.63) is 84.6 Å². The number of benzene rings is 3. The number of fused-ring (bicyclic) bond motifs is 1. The summed E-state index contributed by atoms with van der Waals surface area (Å²) in [6.07, 6.45) is 2.16. The molecule has 0 aliphatic carbocycles. The molecular weight excluding hydrogens is 452 g/mol. The van der Waals surface area contributed by atoms with Gasteiger partial charge in [0.15, 0.2) is 11.5 Å². The van der Waals surface area contributed by atoms with Crippen LogP contribution in [0.2, 0.25) is 0 Å². The number of para-hydroxylation sites is 1. The molecule has 8 heteroatoms. The lowest BCUT2D eigenvalue weighted by Gasteiger charge is -2.10. The summed E-state index contributed by atoms with van der Waals surface area (Å²) in [5.41, 5.74) is 1.69. The molecule has 0 bridgehead atoms. The number of nitrogens with one attached hydrogen (secondary N) is 1. The Morgan fingerprint density at radius 2 is 1.62 bits per heavy atom. The van der Waals surface area contributed by atoms with Gasteiger partial charge in [0.05, 0.1) is 24.0 Å². The quantitative estimate of drug-likeness (QED) is 0.395. The van der Waals surface area contributed by atoms with Crippen molar-refractivity contribution >= 4 is 26.6 Å². The average molecular weight is 479 g/mol. The second-order valence-corrected chi connectivity index (χ2v) is 9.66. The minimum atomic E-state index is -3.72. The Morgan fingerprint density at radius 3 is 2.35 bits per heavy atom. The second-order valence-electron chi connectivity index (χ2n) is 7.74. The Kier molecular flexibility index (Phi) is 6.88.